The standard InChI is InChI=1S/C28H36BrCl2N3O7S3/c29-22-17-26(42-27(22)31)44(39,40)33-12-8-20(9-13-33)3-1-2-19-6-10-32(11-7-19)24-5-4-21(16-23(24)30)43(37,38)34-14-15-41-25(18-34)28(35)36/h4-5,16-17,19-20,25H,1-3,6-15,18H2,(H,35,36). The summed E-state index contributed by atoms with van der Waals surface area (Å²) in [6, 6.07) is 6.32. The number of thiophene rings is 1. The van der Waals surface area contributed by atoms with Gasteiger partial charge in [-0.25, -0.2) is 21.6 Å². The van der Waals surface area contributed by atoms with E-state index in [0.717, 1.165) is 79.4 Å². The summed E-state index contributed by atoms with van der Waals surface area (Å²) in [6.45, 7) is 2.60. The third kappa shape index (κ3) is 7.76. The van der Waals surface area contributed by atoms with Gasteiger partial charge < -0.3 is 14.7 Å². The van der Waals surface area contributed by atoms with Crippen molar-refractivity contribution in [3.05, 3.63) is 38.1 Å². The third-order valence-corrected chi connectivity index (χ3v) is 15.8. The van der Waals surface area contributed by atoms with Gasteiger partial charge >= 0.3 is 5.97 Å². The monoisotopic (exact) mass is 771 g/mol. The van der Waals surface area contributed by atoms with Gasteiger partial charge in [0.15, 0.2) is 6.10 Å². The van der Waals surface area contributed by atoms with Gasteiger partial charge in [0.1, 0.15) is 8.55 Å². The first-order valence-electron chi connectivity index (χ1n) is 14.7. The molecule has 10 nitrogen and oxygen atoms in total. The lowest BCUT2D eigenvalue weighted by Crippen LogP contribution is -2.48. The highest BCUT2D eigenvalue weighted by molar-refractivity contribution is 9.10. The molecule has 1 atom stereocenters. The minimum atomic E-state index is -3.90. The molecule has 3 aliphatic heterocycles. The molecule has 0 amide bonds. The molecule has 0 radical (unpaired) electrons. The summed E-state index contributed by atoms with van der Waals surface area (Å²) in [4.78, 5) is 13.5. The molecule has 16 heteroatoms. The molecule has 1 aromatic heterocycles. The molecule has 0 aliphatic carbocycles. The molecule has 3 aliphatic rings. The quantitative estimate of drug-likeness (QED) is 0.323. The fourth-order valence-electron chi connectivity index (χ4n) is 6.22. The van der Waals surface area contributed by atoms with Gasteiger partial charge in [-0.3, -0.25) is 0 Å². The zero-order chi connectivity index (χ0) is 31.6. The predicted molar refractivity (Wildman–Crippen MR) is 175 cm³/mol. The molecule has 2 aromatic rings. The highest BCUT2D eigenvalue weighted by atomic mass is 79.9. The van der Waals surface area contributed by atoms with Crippen LogP contribution in [0.25, 0.3) is 0 Å². The first kappa shape index (κ1) is 34.4. The number of sulfonamides is 2. The molecule has 0 saturated carbocycles. The number of carboxylic acid groups (broad SMARTS) is 1. The Kier molecular flexibility index (Phi) is 11.3. The first-order chi connectivity index (χ1) is 20.9. The minimum Gasteiger partial charge on any atom is -0.479 e. The van der Waals surface area contributed by atoms with Crippen molar-refractivity contribution in [2.24, 2.45) is 11.8 Å². The van der Waals surface area contributed by atoms with Gasteiger partial charge in [0.2, 0.25) is 10.0 Å². The van der Waals surface area contributed by atoms with Gasteiger partial charge in [0, 0.05) is 37.2 Å². The highest BCUT2D eigenvalue weighted by Gasteiger charge is 2.35. The first-order valence-corrected chi connectivity index (χ1v) is 19.9. The van der Waals surface area contributed by atoms with E-state index in [1.54, 1.807) is 22.5 Å². The van der Waals surface area contributed by atoms with E-state index in [1.165, 1.54) is 6.07 Å². The second-order valence-electron chi connectivity index (χ2n) is 11.6. The van der Waals surface area contributed by atoms with Crippen molar-refractivity contribution < 1.29 is 31.5 Å². The van der Waals surface area contributed by atoms with E-state index >= 15 is 0 Å². The van der Waals surface area contributed by atoms with E-state index in [0.29, 0.717) is 38.8 Å². The van der Waals surface area contributed by atoms with Gasteiger partial charge in [0.05, 0.1) is 28.8 Å². The third-order valence-electron chi connectivity index (χ3n) is 8.83. The summed E-state index contributed by atoms with van der Waals surface area (Å²) in [5, 5.41) is 9.58. The maximum Gasteiger partial charge on any atom is 0.334 e. The number of piperidine rings is 2. The van der Waals surface area contributed by atoms with Crippen LogP contribution < -0.4 is 4.90 Å². The number of halogens is 3. The lowest BCUT2D eigenvalue weighted by atomic mass is 9.87. The lowest BCUT2D eigenvalue weighted by Gasteiger charge is -2.35. The van der Waals surface area contributed by atoms with E-state index < -0.39 is 32.1 Å². The van der Waals surface area contributed by atoms with E-state index in [4.69, 9.17) is 27.9 Å². The van der Waals surface area contributed by atoms with Crippen LogP contribution in [0, 0.1) is 11.8 Å². The second-order valence-corrected chi connectivity index (χ2v) is 18.6. The number of hydrogen-bond acceptors (Lipinski definition) is 8. The highest BCUT2D eigenvalue weighted by Crippen LogP contribution is 2.38. The van der Waals surface area contributed by atoms with Crippen LogP contribution in [0.5, 0.6) is 0 Å². The Morgan fingerprint density at radius 1 is 0.932 bits per heavy atom. The van der Waals surface area contributed by atoms with Crippen molar-refractivity contribution in [1.82, 2.24) is 8.61 Å². The molecule has 1 aromatic carbocycles. The Labute approximate surface area is 281 Å². The van der Waals surface area contributed by atoms with Crippen LogP contribution in [0.15, 0.2) is 37.8 Å². The normalized spacial score (nSPS) is 22.0. The molecular weight excluding hydrogens is 737 g/mol. The fraction of sp³-hybridized carbons (Fsp3) is 0.607. The Balaban J connectivity index is 1.06. The zero-order valence-electron chi connectivity index (χ0n) is 24.0. The maximum atomic E-state index is 13.2. The molecule has 44 heavy (non-hydrogen) atoms. The summed E-state index contributed by atoms with van der Waals surface area (Å²) >= 11 is 17.0. The van der Waals surface area contributed by atoms with Crippen molar-refractivity contribution in [3.63, 3.8) is 0 Å². The van der Waals surface area contributed by atoms with E-state index in [9.17, 15) is 26.7 Å². The number of carbonyl (C=O) groups is 1. The Bertz CT molecular complexity index is 1540. The Morgan fingerprint density at radius 2 is 1.57 bits per heavy atom. The summed E-state index contributed by atoms with van der Waals surface area (Å²) in [7, 11) is -7.41. The molecule has 5 rings (SSSR count). The molecule has 3 saturated heterocycles. The van der Waals surface area contributed by atoms with Crippen LogP contribution in [0.4, 0.5) is 5.69 Å². The van der Waals surface area contributed by atoms with Crippen LogP contribution in [-0.4, -0.2) is 88.5 Å². The number of ether oxygens (including phenoxy) is 1. The Morgan fingerprint density at radius 3 is 2.14 bits per heavy atom. The van der Waals surface area contributed by atoms with Crippen molar-refractivity contribution in [2.45, 2.75) is 60.2 Å². The molecule has 3 fully saturated rings. The number of benzene rings is 1. The van der Waals surface area contributed by atoms with E-state index in [2.05, 4.69) is 20.8 Å². The maximum absolute atomic E-state index is 13.2. The van der Waals surface area contributed by atoms with Crippen molar-refractivity contribution in [3.8, 4) is 0 Å². The van der Waals surface area contributed by atoms with Crippen LogP contribution in [0.3, 0.4) is 0 Å². The number of morpholine rings is 1. The SMILES string of the molecule is O=C(O)C1CN(S(=O)(=O)c2ccc(N3CCC(CCCC4CCN(S(=O)(=O)c5cc(Br)c(Cl)s5)CC4)CC3)c(Cl)c2)CCO1. The fourth-order valence-corrected chi connectivity index (χ4v) is 12.0. The number of nitrogens with zero attached hydrogens (tertiary/aromatic N) is 3. The molecule has 0 bridgehead atoms. The summed E-state index contributed by atoms with van der Waals surface area (Å²) < 4.78 is 61.5. The van der Waals surface area contributed by atoms with Crippen LogP contribution in [0.2, 0.25) is 9.36 Å². The summed E-state index contributed by atoms with van der Waals surface area (Å²) in [5.74, 6) is -0.0535. The van der Waals surface area contributed by atoms with Gasteiger partial charge in [-0.2, -0.15) is 8.61 Å². The van der Waals surface area contributed by atoms with Gasteiger partial charge in [-0.05, 0) is 77.7 Å². The summed E-state index contributed by atoms with van der Waals surface area (Å²) in [6.07, 6.45) is 5.95. The number of aliphatic carboxylic acids is 1. The topological polar surface area (TPSA) is 125 Å². The number of anilines is 1. The molecule has 0 spiro atoms. The van der Waals surface area contributed by atoms with Gasteiger partial charge in [-0.15, -0.1) is 11.3 Å². The lowest BCUT2D eigenvalue weighted by molar-refractivity contribution is -0.153. The second kappa shape index (κ2) is 14.4. The minimum absolute atomic E-state index is 0.0189. The van der Waals surface area contributed by atoms with Gasteiger partial charge in [-0.1, -0.05) is 42.5 Å². The van der Waals surface area contributed by atoms with E-state index in [1.807, 2.05) is 0 Å². The molecule has 1 N–H and O–H groups in total. The average Bonchev–Trinajstić information content (AvgIpc) is 3.36. The van der Waals surface area contributed by atoms with Crippen molar-refractivity contribution in [2.75, 3.05) is 50.8 Å². The average molecular weight is 774 g/mol. The number of rotatable bonds is 10. The van der Waals surface area contributed by atoms with Crippen LogP contribution in [-0.2, 0) is 29.6 Å². The van der Waals surface area contributed by atoms with Crippen molar-refractivity contribution in [1.29, 1.82) is 0 Å². The molecular formula is C28H36BrCl2N3O7S3. The molecule has 4 heterocycles. The van der Waals surface area contributed by atoms with Crippen LogP contribution >= 0.6 is 50.5 Å². The van der Waals surface area contributed by atoms with Crippen molar-refractivity contribution >= 4 is 82.2 Å². The predicted octanol–water partition coefficient (Wildman–Crippen LogP) is 5.78. The van der Waals surface area contributed by atoms with E-state index in [-0.39, 0.29) is 28.8 Å². The zero-order valence-corrected chi connectivity index (χ0v) is 29.6. The van der Waals surface area contributed by atoms with Crippen LogP contribution in [0.1, 0.15) is 44.9 Å². The smallest absolute Gasteiger partial charge is 0.334 e. The molecule has 244 valence electrons. The Hall–Kier alpha value is -0.970. The molecule has 1 unspecified atom stereocenters. The number of carboxylic acids is 1. The summed E-state index contributed by atoms with van der Waals surface area (Å²) in [5.41, 5.74) is 0.799. The van der Waals surface area contributed by atoms with Gasteiger partial charge in [0.25, 0.3) is 10.0 Å². The number of hydrogen-bond donors (Lipinski definition) is 1. The largest absolute Gasteiger partial charge is 0.479 e.